The van der Waals surface area contributed by atoms with E-state index in [-0.39, 0.29) is 18.3 Å². The van der Waals surface area contributed by atoms with E-state index in [1.165, 1.54) is 6.07 Å². The van der Waals surface area contributed by atoms with Crippen LogP contribution in [0.15, 0.2) is 42.5 Å². The maximum Gasteiger partial charge on any atom is 0.255 e. The Morgan fingerprint density at radius 3 is 2.62 bits per heavy atom. The van der Waals surface area contributed by atoms with E-state index in [4.69, 9.17) is 5.11 Å². The first-order chi connectivity index (χ1) is 10.1. The fourth-order valence-corrected chi connectivity index (χ4v) is 1.78. The second-order valence-electron chi connectivity index (χ2n) is 4.40. The summed E-state index contributed by atoms with van der Waals surface area (Å²) in [5.74, 6) is 4.60. The number of hydrogen-bond donors (Lipinski definition) is 2. The van der Waals surface area contributed by atoms with Crippen LogP contribution in [0, 0.1) is 24.6 Å². The van der Waals surface area contributed by atoms with E-state index in [0.29, 0.717) is 22.4 Å². The third kappa shape index (κ3) is 3.68. The van der Waals surface area contributed by atoms with Crippen LogP contribution < -0.4 is 5.32 Å². The topological polar surface area (TPSA) is 49.3 Å². The van der Waals surface area contributed by atoms with Crippen molar-refractivity contribution in [2.75, 3.05) is 11.9 Å². The molecule has 0 aliphatic rings. The van der Waals surface area contributed by atoms with Gasteiger partial charge in [-0.25, -0.2) is 4.39 Å². The molecule has 0 fully saturated rings. The Morgan fingerprint density at radius 2 is 1.95 bits per heavy atom. The monoisotopic (exact) mass is 283 g/mol. The largest absolute Gasteiger partial charge is 0.384 e. The van der Waals surface area contributed by atoms with E-state index in [2.05, 4.69) is 17.2 Å². The standard InChI is InChI=1S/C17H14FNO2/c1-12-15(18)5-2-6-16(12)19-17(21)14-9-7-13(8-10-14)4-3-11-20/h2,5-10,20H,11H2,1H3,(H,19,21). The van der Waals surface area contributed by atoms with E-state index in [1.807, 2.05) is 0 Å². The molecular weight excluding hydrogens is 269 g/mol. The normalized spacial score (nSPS) is 9.67. The lowest BCUT2D eigenvalue weighted by atomic mass is 10.1. The molecule has 2 N–H and O–H groups in total. The molecule has 0 saturated carbocycles. The van der Waals surface area contributed by atoms with Crippen LogP contribution in [0.4, 0.5) is 10.1 Å². The van der Waals surface area contributed by atoms with Gasteiger partial charge in [-0.1, -0.05) is 17.9 Å². The highest BCUT2D eigenvalue weighted by molar-refractivity contribution is 6.04. The SMILES string of the molecule is Cc1c(F)cccc1NC(=O)c1ccc(C#CCO)cc1. The highest BCUT2D eigenvalue weighted by Gasteiger charge is 2.09. The van der Waals surface area contributed by atoms with Crippen molar-refractivity contribution in [2.24, 2.45) is 0 Å². The first kappa shape index (κ1) is 14.8. The molecule has 0 spiro atoms. The molecule has 106 valence electrons. The van der Waals surface area contributed by atoms with Gasteiger partial charge in [-0.05, 0) is 43.3 Å². The van der Waals surface area contributed by atoms with Gasteiger partial charge in [-0.15, -0.1) is 0 Å². The van der Waals surface area contributed by atoms with Crippen LogP contribution in [-0.2, 0) is 0 Å². The molecule has 0 aliphatic carbocycles. The predicted octanol–water partition coefficient (Wildman–Crippen LogP) is 2.73. The Labute approximate surface area is 122 Å². The van der Waals surface area contributed by atoms with Gasteiger partial charge in [0.1, 0.15) is 12.4 Å². The molecule has 0 aromatic heterocycles. The number of carbonyl (C=O) groups is 1. The van der Waals surface area contributed by atoms with Crippen molar-refractivity contribution in [1.82, 2.24) is 0 Å². The van der Waals surface area contributed by atoms with E-state index < -0.39 is 0 Å². The van der Waals surface area contributed by atoms with Gasteiger partial charge in [-0.2, -0.15) is 0 Å². The zero-order valence-electron chi connectivity index (χ0n) is 11.5. The summed E-state index contributed by atoms with van der Waals surface area (Å²) in [4.78, 5) is 12.1. The maximum absolute atomic E-state index is 13.4. The second-order valence-corrected chi connectivity index (χ2v) is 4.40. The molecular formula is C17H14FNO2. The fraction of sp³-hybridized carbons (Fsp3) is 0.118. The van der Waals surface area contributed by atoms with Crippen molar-refractivity contribution in [3.8, 4) is 11.8 Å². The number of benzene rings is 2. The Hall–Kier alpha value is -2.64. The molecule has 2 rings (SSSR count). The first-order valence-electron chi connectivity index (χ1n) is 6.38. The van der Waals surface area contributed by atoms with E-state index >= 15 is 0 Å². The number of carbonyl (C=O) groups excluding carboxylic acids is 1. The van der Waals surface area contributed by atoms with Crippen LogP contribution in [0.1, 0.15) is 21.5 Å². The molecule has 1 amide bonds. The molecule has 0 bridgehead atoms. The van der Waals surface area contributed by atoms with Crippen LogP contribution in [0.3, 0.4) is 0 Å². The van der Waals surface area contributed by atoms with Crippen LogP contribution in [0.2, 0.25) is 0 Å². The summed E-state index contributed by atoms with van der Waals surface area (Å²) in [7, 11) is 0. The summed E-state index contributed by atoms with van der Waals surface area (Å²) < 4.78 is 13.4. The highest BCUT2D eigenvalue weighted by atomic mass is 19.1. The summed E-state index contributed by atoms with van der Waals surface area (Å²) in [6.07, 6.45) is 0. The summed E-state index contributed by atoms with van der Waals surface area (Å²) in [5.41, 5.74) is 2.01. The summed E-state index contributed by atoms with van der Waals surface area (Å²) in [5, 5.41) is 11.3. The zero-order chi connectivity index (χ0) is 15.2. The first-order valence-corrected chi connectivity index (χ1v) is 6.38. The lowest BCUT2D eigenvalue weighted by Crippen LogP contribution is -2.13. The van der Waals surface area contributed by atoms with Crippen molar-refractivity contribution in [3.05, 3.63) is 65.0 Å². The Balaban J connectivity index is 2.15. The van der Waals surface area contributed by atoms with Gasteiger partial charge >= 0.3 is 0 Å². The third-order valence-corrected chi connectivity index (χ3v) is 2.97. The smallest absolute Gasteiger partial charge is 0.255 e. The summed E-state index contributed by atoms with van der Waals surface area (Å²) in [6, 6.07) is 11.2. The van der Waals surface area contributed by atoms with Gasteiger partial charge in [0, 0.05) is 22.4 Å². The number of halogens is 1. The van der Waals surface area contributed by atoms with E-state index in [1.54, 1.807) is 43.3 Å². The molecule has 0 aliphatic heterocycles. The van der Waals surface area contributed by atoms with Crippen LogP contribution >= 0.6 is 0 Å². The average molecular weight is 283 g/mol. The van der Waals surface area contributed by atoms with Crippen molar-refractivity contribution in [1.29, 1.82) is 0 Å². The van der Waals surface area contributed by atoms with E-state index in [0.717, 1.165) is 0 Å². The summed E-state index contributed by atoms with van der Waals surface area (Å²) in [6.45, 7) is 1.40. The maximum atomic E-state index is 13.4. The molecule has 0 saturated heterocycles. The molecule has 2 aromatic rings. The fourth-order valence-electron chi connectivity index (χ4n) is 1.78. The van der Waals surface area contributed by atoms with E-state index in [9.17, 15) is 9.18 Å². The summed E-state index contributed by atoms with van der Waals surface area (Å²) >= 11 is 0. The number of anilines is 1. The van der Waals surface area contributed by atoms with Gasteiger partial charge in [0.25, 0.3) is 5.91 Å². The van der Waals surface area contributed by atoms with Crippen LogP contribution in [0.5, 0.6) is 0 Å². The van der Waals surface area contributed by atoms with Gasteiger partial charge in [0.05, 0.1) is 0 Å². The van der Waals surface area contributed by atoms with Crippen molar-refractivity contribution in [2.45, 2.75) is 6.92 Å². The van der Waals surface area contributed by atoms with Crippen molar-refractivity contribution >= 4 is 11.6 Å². The Kier molecular flexibility index (Phi) is 4.70. The number of amides is 1. The van der Waals surface area contributed by atoms with Gasteiger partial charge in [0.15, 0.2) is 0 Å². The van der Waals surface area contributed by atoms with Gasteiger partial charge < -0.3 is 10.4 Å². The lowest BCUT2D eigenvalue weighted by Gasteiger charge is -2.09. The molecule has 0 radical (unpaired) electrons. The molecule has 3 nitrogen and oxygen atoms in total. The molecule has 0 atom stereocenters. The lowest BCUT2D eigenvalue weighted by molar-refractivity contribution is 0.102. The third-order valence-electron chi connectivity index (χ3n) is 2.97. The Morgan fingerprint density at radius 1 is 1.24 bits per heavy atom. The minimum absolute atomic E-state index is 0.207. The molecule has 2 aromatic carbocycles. The Bertz CT molecular complexity index is 712. The van der Waals surface area contributed by atoms with Crippen LogP contribution in [0.25, 0.3) is 0 Å². The zero-order valence-corrected chi connectivity index (χ0v) is 11.5. The number of aliphatic hydroxyl groups is 1. The predicted molar refractivity (Wildman–Crippen MR) is 79.5 cm³/mol. The highest BCUT2D eigenvalue weighted by Crippen LogP contribution is 2.18. The van der Waals surface area contributed by atoms with Crippen molar-refractivity contribution < 1.29 is 14.3 Å². The molecule has 4 heteroatoms. The minimum Gasteiger partial charge on any atom is -0.384 e. The molecule has 0 unspecified atom stereocenters. The number of nitrogens with one attached hydrogen (secondary N) is 1. The van der Waals surface area contributed by atoms with Crippen LogP contribution in [-0.4, -0.2) is 17.6 Å². The average Bonchev–Trinajstić information content (AvgIpc) is 2.50. The van der Waals surface area contributed by atoms with Crippen molar-refractivity contribution in [3.63, 3.8) is 0 Å². The number of rotatable bonds is 2. The molecule has 21 heavy (non-hydrogen) atoms. The quantitative estimate of drug-likeness (QED) is 0.833. The van der Waals surface area contributed by atoms with Gasteiger partial charge in [-0.3, -0.25) is 4.79 Å². The second kappa shape index (κ2) is 6.69. The van der Waals surface area contributed by atoms with Gasteiger partial charge in [0.2, 0.25) is 0 Å². The number of aliphatic hydroxyl groups excluding tert-OH is 1. The number of hydrogen-bond acceptors (Lipinski definition) is 2. The molecule has 0 heterocycles. The minimum atomic E-state index is -0.359.